The molecule has 26 heavy (non-hydrogen) atoms. The van der Waals surface area contributed by atoms with Crippen molar-refractivity contribution in [2.24, 2.45) is 5.92 Å². The fraction of sp³-hybridized carbons (Fsp3) is 0.650. The van der Waals surface area contributed by atoms with E-state index in [1.807, 2.05) is 40.7 Å². The maximum atomic E-state index is 13.0. The van der Waals surface area contributed by atoms with Gasteiger partial charge in [-0.15, -0.1) is 0 Å². The maximum Gasteiger partial charge on any atom is 0.410 e. The van der Waals surface area contributed by atoms with E-state index in [0.29, 0.717) is 31.7 Å². The van der Waals surface area contributed by atoms with E-state index in [1.54, 1.807) is 11.1 Å². The van der Waals surface area contributed by atoms with Gasteiger partial charge in [-0.05, 0) is 58.6 Å². The summed E-state index contributed by atoms with van der Waals surface area (Å²) >= 11 is 0. The highest BCUT2D eigenvalue weighted by atomic mass is 16.6. The number of Topliss-reactive ketones (excluding diaryl/α,β-unsaturated/α-hetero) is 1. The van der Waals surface area contributed by atoms with Gasteiger partial charge in [-0.25, -0.2) is 4.79 Å². The number of pyridine rings is 1. The Bertz CT molecular complexity index is 696. The van der Waals surface area contributed by atoms with Crippen LogP contribution in [0, 0.1) is 19.8 Å². The number of aryl methyl sites for hydroxylation is 2. The molecule has 0 N–H and O–H groups in total. The van der Waals surface area contributed by atoms with Gasteiger partial charge in [-0.1, -0.05) is 6.07 Å². The summed E-state index contributed by atoms with van der Waals surface area (Å²) in [5, 5.41) is 0. The van der Waals surface area contributed by atoms with Crippen LogP contribution >= 0.6 is 0 Å². The highest BCUT2D eigenvalue weighted by Gasteiger charge is 2.45. The number of aromatic nitrogens is 1. The molecule has 1 amide bonds. The van der Waals surface area contributed by atoms with Crippen molar-refractivity contribution in [1.82, 2.24) is 9.88 Å². The Kier molecular flexibility index (Phi) is 5.06. The molecule has 2 atom stereocenters. The van der Waals surface area contributed by atoms with Crippen molar-refractivity contribution in [3.63, 3.8) is 0 Å². The first-order valence-corrected chi connectivity index (χ1v) is 9.22. The number of hydrogen-bond donors (Lipinski definition) is 0. The molecule has 0 radical (unpaired) electrons. The summed E-state index contributed by atoms with van der Waals surface area (Å²) in [7, 11) is 0. The highest BCUT2D eigenvalue weighted by Crippen LogP contribution is 2.34. The van der Waals surface area contributed by atoms with Gasteiger partial charge in [-0.2, -0.15) is 0 Å². The molecule has 0 saturated carbocycles. The first-order valence-electron chi connectivity index (χ1n) is 9.22. The molecule has 2 aliphatic heterocycles. The quantitative estimate of drug-likeness (QED) is 0.757. The Morgan fingerprint density at radius 1 is 1.19 bits per heavy atom. The Balaban J connectivity index is 1.77. The second-order valence-corrected chi connectivity index (χ2v) is 8.44. The van der Waals surface area contributed by atoms with Gasteiger partial charge in [0.15, 0.2) is 5.78 Å². The first-order chi connectivity index (χ1) is 12.2. The van der Waals surface area contributed by atoms with Gasteiger partial charge in [0.05, 0.1) is 25.3 Å². The van der Waals surface area contributed by atoms with E-state index >= 15 is 0 Å². The topological polar surface area (TPSA) is 68.7 Å². The van der Waals surface area contributed by atoms with Crippen molar-refractivity contribution in [1.29, 1.82) is 0 Å². The van der Waals surface area contributed by atoms with E-state index < -0.39 is 5.60 Å². The Morgan fingerprint density at radius 2 is 1.81 bits per heavy atom. The van der Waals surface area contributed by atoms with Crippen LogP contribution in [0.3, 0.4) is 0 Å². The van der Waals surface area contributed by atoms with Crippen molar-refractivity contribution in [3.8, 4) is 0 Å². The lowest BCUT2D eigenvalue weighted by atomic mass is 9.81. The molecule has 6 heteroatoms. The number of morpholine rings is 1. The zero-order chi connectivity index (χ0) is 19.1. The molecule has 2 fully saturated rings. The van der Waals surface area contributed by atoms with Crippen LogP contribution in [0.2, 0.25) is 0 Å². The van der Waals surface area contributed by atoms with E-state index in [1.165, 1.54) is 0 Å². The number of ketones is 1. The number of piperidine rings is 1. The summed E-state index contributed by atoms with van der Waals surface area (Å²) < 4.78 is 11.2. The van der Waals surface area contributed by atoms with Gasteiger partial charge in [-0.3, -0.25) is 14.7 Å². The zero-order valence-corrected chi connectivity index (χ0v) is 16.2. The van der Waals surface area contributed by atoms with Crippen molar-refractivity contribution < 1.29 is 19.1 Å². The van der Waals surface area contributed by atoms with Gasteiger partial charge < -0.3 is 9.47 Å². The van der Waals surface area contributed by atoms with Gasteiger partial charge in [0.1, 0.15) is 11.3 Å². The Hall–Kier alpha value is -1.95. The monoisotopic (exact) mass is 360 g/mol. The molecule has 2 saturated heterocycles. The fourth-order valence-corrected chi connectivity index (χ4v) is 3.91. The lowest BCUT2D eigenvalue weighted by Crippen LogP contribution is -2.60. The number of nitrogens with zero attached hydrogens (tertiary/aromatic N) is 2. The van der Waals surface area contributed by atoms with Crippen LogP contribution in [-0.4, -0.2) is 52.7 Å². The molecule has 3 rings (SSSR count). The fourth-order valence-electron chi connectivity index (χ4n) is 3.91. The molecule has 2 aliphatic rings. The Labute approximate surface area is 154 Å². The normalized spacial score (nSPS) is 25.7. The van der Waals surface area contributed by atoms with Crippen molar-refractivity contribution in [2.45, 2.75) is 65.1 Å². The second-order valence-electron chi connectivity index (χ2n) is 8.44. The number of carbonyl (C=O) groups excluding carboxylic acids is 2. The van der Waals surface area contributed by atoms with Crippen LogP contribution in [0.4, 0.5) is 4.79 Å². The summed E-state index contributed by atoms with van der Waals surface area (Å²) in [6.07, 6.45) is 2.60. The molecular weight excluding hydrogens is 332 g/mol. The van der Waals surface area contributed by atoms with Crippen LogP contribution in [0.5, 0.6) is 0 Å². The van der Waals surface area contributed by atoms with Gasteiger partial charge in [0, 0.05) is 12.1 Å². The predicted octanol–water partition coefficient (Wildman–Crippen LogP) is 3.30. The van der Waals surface area contributed by atoms with Crippen LogP contribution in [0.15, 0.2) is 12.3 Å². The molecule has 6 nitrogen and oxygen atoms in total. The highest BCUT2D eigenvalue weighted by molar-refractivity contribution is 5.97. The molecule has 142 valence electrons. The Morgan fingerprint density at radius 3 is 2.35 bits per heavy atom. The molecule has 0 spiro atoms. The van der Waals surface area contributed by atoms with E-state index in [4.69, 9.17) is 9.47 Å². The third kappa shape index (κ3) is 3.90. The number of ether oxygens (including phenoxy) is 2. The molecule has 1 aromatic heterocycles. The molecule has 0 aromatic carbocycles. The summed E-state index contributed by atoms with van der Waals surface area (Å²) in [5.74, 6) is -0.0651. The van der Waals surface area contributed by atoms with Gasteiger partial charge >= 0.3 is 6.09 Å². The van der Waals surface area contributed by atoms with Gasteiger partial charge in [0.2, 0.25) is 0 Å². The van der Waals surface area contributed by atoms with Crippen molar-refractivity contribution in [3.05, 3.63) is 29.1 Å². The molecule has 1 aromatic rings. The minimum absolute atomic E-state index is 0.0724. The average Bonchev–Trinajstić information content (AvgIpc) is 2.51. The number of hydrogen-bond acceptors (Lipinski definition) is 5. The van der Waals surface area contributed by atoms with Gasteiger partial charge in [0.25, 0.3) is 0 Å². The smallest absolute Gasteiger partial charge is 0.410 e. The summed E-state index contributed by atoms with van der Waals surface area (Å²) in [6.45, 7) is 10.4. The van der Waals surface area contributed by atoms with Crippen LogP contribution in [0.25, 0.3) is 0 Å². The van der Waals surface area contributed by atoms with Crippen LogP contribution in [-0.2, 0) is 9.47 Å². The van der Waals surface area contributed by atoms with E-state index in [-0.39, 0.29) is 29.9 Å². The number of rotatable bonds is 2. The SMILES string of the molecule is Cc1cnc(C(=O)C2CC3COCC(C2)N3C(=O)OC(C)(C)C)c(C)c1. The lowest BCUT2D eigenvalue weighted by molar-refractivity contribution is -0.0861. The largest absolute Gasteiger partial charge is 0.444 e. The van der Waals surface area contributed by atoms with E-state index in [2.05, 4.69) is 4.98 Å². The summed E-state index contributed by atoms with van der Waals surface area (Å²) in [6, 6.07) is 1.73. The lowest BCUT2D eigenvalue weighted by Gasteiger charge is -2.47. The number of fused-ring (bicyclic) bond motifs is 2. The third-order valence-corrected chi connectivity index (χ3v) is 4.94. The summed E-state index contributed by atoms with van der Waals surface area (Å²) in [5.41, 5.74) is 1.96. The van der Waals surface area contributed by atoms with Crippen LogP contribution < -0.4 is 0 Å². The molecule has 0 aliphatic carbocycles. The van der Waals surface area contributed by atoms with E-state index in [9.17, 15) is 9.59 Å². The number of carbonyl (C=O) groups is 2. The van der Waals surface area contributed by atoms with Crippen LogP contribution in [0.1, 0.15) is 55.2 Å². The number of amides is 1. The standard InChI is InChI=1S/C20H28N2O4/c1-12-6-13(2)17(21-9-12)18(23)14-7-15-10-25-11-16(8-14)22(15)19(24)26-20(3,4)5/h6,9,14-16H,7-8,10-11H2,1-5H3. The second kappa shape index (κ2) is 6.99. The predicted molar refractivity (Wildman–Crippen MR) is 97.2 cm³/mol. The summed E-state index contributed by atoms with van der Waals surface area (Å²) in [4.78, 5) is 31.8. The van der Waals surface area contributed by atoms with Crippen molar-refractivity contribution in [2.75, 3.05) is 13.2 Å². The molecule has 3 heterocycles. The molecule has 2 bridgehead atoms. The molecular formula is C20H28N2O4. The van der Waals surface area contributed by atoms with Crippen molar-refractivity contribution >= 4 is 11.9 Å². The minimum Gasteiger partial charge on any atom is -0.444 e. The third-order valence-electron chi connectivity index (χ3n) is 4.94. The maximum absolute atomic E-state index is 13.0. The minimum atomic E-state index is -0.540. The first kappa shape index (κ1) is 18.8. The molecule has 2 unspecified atom stereocenters. The zero-order valence-electron chi connectivity index (χ0n) is 16.2. The average molecular weight is 360 g/mol. The van der Waals surface area contributed by atoms with E-state index in [0.717, 1.165) is 11.1 Å².